The van der Waals surface area contributed by atoms with Gasteiger partial charge in [0.2, 0.25) is 0 Å². The van der Waals surface area contributed by atoms with Gasteiger partial charge in [-0.2, -0.15) is 0 Å². The molecule has 0 bridgehead atoms. The van der Waals surface area contributed by atoms with E-state index in [2.05, 4.69) is 6.07 Å². The summed E-state index contributed by atoms with van der Waals surface area (Å²) in [6.45, 7) is 0. The van der Waals surface area contributed by atoms with Crippen molar-refractivity contribution in [1.82, 2.24) is 0 Å². The Balaban J connectivity index is 3.05. The molecule has 0 aromatic carbocycles. The normalized spacial score (nSPS) is 8.67. The van der Waals surface area contributed by atoms with Crippen molar-refractivity contribution >= 4 is 16.3 Å². The monoisotopic (exact) mass is 98.0 g/mol. The van der Waals surface area contributed by atoms with Crippen molar-refractivity contribution in [3.63, 3.8) is 0 Å². The molecule has 2 heteroatoms. The van der Waals surface area contributed by atoms with Gasteiger partial charge in [-0.05, 0) is 11.4 Å². The lowest BCUT2D eigenvalue weighted by molar-refractivity contribution is 1.91. The van der Waals surface area contributed by atoms with Crippen molar-refractivity contribution in [3.05, 3.63) is 17.5 Å². The van der Waals surface area contributed by atoms with Gasteiger partial charge in [0.15, 0.2) is 0 Å². The quantitative estimate of drug-likeness (QED) is 0.517. The maximum absolute atomic E-state index is 5.24. The van der Waals surface area contributed by atoms with E-state index in [-0.39, 0.29) is 0 Å². The van der Waals surface area contributed by atoms with E-state index in [9.17, 15) is 0 Å². The lowest BCUT2D eigenvalue weighted by Crippen LogP contribution is -1.72. The van der Waals surface area contributed by atoms with Crippen LogP contribution < -0.4 is 5.73 Å². The van der Waals surface area contributed by atoms with Crippen molar-refractivity contribution in [2.24, 2.45) is 0 Å². The number of rotatable bonds is 0. The molecule has 0 aliphatic carbocycles. The third-order valence-corrected chi connectivity index (χ3v) is 1.13. The van der Waals surface area contributed by atoms with Crippen LogP contribution in [0, 0.1) is 6.07 Å². The van der Waals surface area contributed by atoms with E-state index in [0.29, 0.717) is 0 Å². The van der Waals surface area contributed by atoms with Crippen molar-refractivity contribution < 1.29 is 0 Å². The largest absolute Gasteiger partial charge is 0.390 e. The zero-order valence-corrected chi connectivity index (χ0v) is 3.96. The molecule has 1 aromatic heterocycles. The number of hydrogen-bond donors (Lipinski definition) is 1. The van der Waals surface area contributed by atoms with Gasteiger partial charge in [-0.15, -0.1) is 11.3 Å². The Morgan fingerprint density at radius 3 is 2.83 bits per heavy atom. The SMILES string of the molecule is Nc1[c]ccs1. The summed E-state index contributed by atoms with van der Waals surface area (Å²) >= 11 is 1.50. The molecule has 0 saturated heterocycles. The van der Waals surface area contributed by atoms with Gasteiger partial charge in [0.05, 0.1) is 5.00 Å². The molecule has 0 aliphatic rings. The van der Waals surface area contributed by atoms with Crippen LogP contribution in [0.15, 0.2) is 11.4 Å². The van der Waals surface area contributed by atoms with Crippen LogP contribution in [0.4, 0.5) is 5.00 Å². The van der Waals surface area contributed by atoms with Crippen LogP contribution >= 0.6 is 11.3 Å². The maximum atomic E-state index is 5.24. The summed E-state index contributed by atoms with van der Waals surface area (Å²) < 4.78 is 0. The molecule has 0 unspecified atom stereocenters. The van der Waals surface area contributed by atoms with Gasteiger partial charge in [0.25, 0.3) is 0 Å². The lowest BCUT2D eigenvalue weighted by Gasteiger charge is -1.67. The molecule has 0 fully saturated rings. The molecule has 0 atom stereocenters. The summed E-state index contributed by atoms with van der Waals surface area (Å²) in [5.41, 5.74) is 5.24. The van der Waals surface area contributed by atoms with Crippen LogP contribution in [0.5, 0.6) is 0 Å². The van der Waals surface area contributed by atoms with Gasteiger partial charge in [-0.25, -0.2) is 0 Å². The number of nitrogens with two attached hydrogens (primary N) is 1. The molecule has 1 rings (SSSR count). The molecule has 0 spiro atoms. The highest BCUT2D eigenvalue weighted by molar-refractivity contribution is 7.13. The average Bonchev–Trinajstić information content (AvgIpc) is 1.86. The first-order chi connectivity index (χ1) is 2.89. The zero-order chi connectivity index (χ0) is 4.41. The second kappa shape index (κ2) is 1.30. The fraction of sp³-hybridized carbons (Fsp3) is 0. The minimum absolute atomic E-state index is 0.759. The second-order valence-electron chi connectivity index (χ2n) is 0.929. The molecular formula is C4H4NS. The number of hydrogen-bond acceptors (Lipinski definition) is 2. The molecule has 0 amide bonds. The molecule has 6 heavy (non-hydrogen) atoms. The smallest absolute Gasteiger partial charge is 0.0937 e. The van der Waals surface area contributed by atoms with Crippen LogP contribution in [-0.2, 0) is 0 Å². The average molecular weight is 98.2 g/mol. The number of thiophene rings is 1. The van der Waals surface area contributed by atoms with Gasteiger partial charge in [-0.1, -0.05) is 0 Å². The Hall–Kier alpha value is -0.500. The third kappa shape index (κ3) is 0.518. The molecule has 2 N–H and O–H groups in total. The van der Waals surface area contributed by atoms with Crippen LogP contribution in [0.3, 0.4) is 0 Å². The molecule has 0 saturated carbocycles. The van der Waals surface area contributed by atoms with E-state index in [0.717, 1.165) is 5.00 Å². The highest BCUT2D eigenvalue weighted by Crippen LogP contribution is 2.06. The van der Waals surface area contributed by atoms with E-state index in [1.807, 2.05) is 5.38 Å². The Kier molecular flexibility index (Phi) is 0.801. The Bertz CT molecular complexity index is 111. The summed E-state index contributed by atoms with van der Waals surface area (Å²) in [5.74, 6) is 0. The van der Waals surface area contributed by atoms with Crippen LogP contribution in [0.1, 0.15) is 0 Å². The number of nitrogen functional groups attached to an aromatic ring is 1. The standard InChI is InChI=1S/C4H4NS/c5-4-2-1-3-6-4/h1,3H,5H2. The topological polar surface area (TPSA) is 26.0 Å². The molecule has 1 radical (unpaired) electrons. The minimum atomic E-state index is 0.759. The van der Waals surface area contributed by atoms with E-state index in [4.69, 9.17) is 5.73 Å². The molecule has 1 heterocycles. The Morgan fingerprint density at radius 2 is 2.67 bits per heavy atom. The first kappa shape index (κ1) is 3.68. The second-order valence-corrected chi connectivity index (χ2v) is 1.88. The minimum Gasteiger partial charge on any atom is -0.390 e. The third-order valence-electron chi connectivity index (χ3n) is 0.489. The Labute approximate surface area is 40.4 Å². The highest BCUT2D eigenvalue weighted by Gasteiger charge is 1.76. The van der Waals surface area contributed by atoms with Gasteiger partial charge in [0, 0.05) is 6.07 Å². The van der Waals surface area contributed by atoms with E-state index in [1.54, 1.807) is 6.07 Å². The predicted octanol–water partition coefficient (Wildman–Crippen LogP) is 1.13. The predicted molar refractivity (Wildman–Crippen MR) is 27.6 cm³/mol. The maximum Gasteiger partial charge on any atom is 0.0937 e. The van der Waals surface area contributed by atoms with Crippen LogP contribution in [-0.4, -0.2) is 0 Å². The van der Waals surface area contributed by atoms with E-state index >= 15 is 0 Å². The van der Waals surface area contributed by atoms with E-state index in [1.165, 1.54) is 11.3 Å². The first-order valence-corrected chi connectivity index (χ1v) is 2.48. The summed E-state index contributed by atoms with van der Waals surface area (Å²) in [7, 11) is 0. The lowest BCUT2D eigenvalue weighted by atomic mass is 10.6. The van der Waals surface area contributed by atoms with Crippen molar-refractivity contribution in [1.29, 1.82) is 0 Å². The van der Waals surface area contributed by atoms with Gasteiger partial charge >= 0.3 is 0 Å². The van der Waals surface area contributed by atoms with Crippen LogP contribution in [0.2, 0.25) is 0 Å². The first-order valence-electron chi connectivity index (χ1n) is 1.60. The fourth-order valence-electron chi connectivity index (χ4n) is 0.257. The Morgan fingerprint density at radius 1 is 1.83 bits per heavy atom. The molecule has 1 nitrogen and oxygen atoms in total. The van der Waals surface area contributed by atoms with E-state index < -0.39 is 0 Å². The summed E-state index contributed by atoms with van der Waals surface area (Å²) in [4.78, 5) is 0. The molecule has 0 aliphatic heterocycles. The number of anilines is 1. The zero-order valence-electron chi connectivity index (χ0n) is 3.14. The molecule has 31 valence electrons. The van der Waals surface area contributed by atoms with Crippen molar-refractivity contribution in [2.75, 3.05) is 5.73 Å². The summed E-state index contributed by atoms with van der Waals surface area (Å²) in [6, 6.07) is 4.60. The molecular weight excluding hydrogens is 94.1 g/mol. The van der Waals surface area contributed by atoms with Crippen LogP contribution in [0.25, 0.3) is 0 Å². The summed E-state index contributed by atoms with van der Waals surface area (Å²) in [5, 5.41) is 2.66. The van der Waals surface area contributed by atoms with Gasteiger partial charge in [-0.3, -0.25) is 0 Å². The molecule has 1 aromatic rings. The fourth-order valence-corrected chi connectivity index (χ4v) is 0.676. The van der Waals surface area contributed by atoms with Gasteiger partial charge < -0.3 is 5.73 Å². The summed E-state index contributed by atoms with van der Waals surface area (Å²) in [6.07, 6.45) is 0. The van der Waals surface area contributed by atoms with Crippen molar-refractivity contribution in [2.45, 2.75) is 0 Å². The van der Waals surface area contributed by atoms with Crippen molar-refractivity contribution in [3.8, 4) is 0 Å². The highest BCUT2D eigenvalue weighted by atomic mass is 32.1. The van der Waals surface area contributed by atoms with Gasteiger partial charge in [0.1, 0.15) is 0 Å².